The molecule has 1 aromatic rings. The second-order valence-electron chi connectivity index (χ2n) is 8.06. The minimum absolute atomic E-state index is 0.0389. The highest BCUT2D eigenvalue weighted by Crippen LogP contribution is 2.38. The van der Waals surface area contributed by atoms with Gasteiger partial charge in [-0.15, -0.1) is 0 Å². The van der Waals surface area contributed by atoms with E-state index < -0.39 is 5.82 Å². The van der Waals surface area contributed by atoms with E-state index in [1.54, 1.807) is 0 Å². The van der Waals surface area contributed by atoms with Crippen molar-refractivity contribution in [1.29, 1.82) is 0 Å². The number of fused-ring (bicyclic) bond motifs is 1. The summed E-state index contributed by atoms with van der Waals surface area (Å²) >= 11 is 0. The highest BCUT2D eigenvalue weighted by Gasteiger charge is 2.47. The number of unbranched alkanes of at least 4 members (excludes halogenated alkanes) is 1. The van der Waals surface area contributed by atoms with E-state index in [4.69, 9.17) is 0 Å². The number of rotatable bonds is 6. The predicted molar refractivity (Wildman–Crippen MR) is 102 cm³/mol. The zero-order valence-corrected chi connectivity index (χ0v) is 16.2. The number of piperazine rings is 1. The van der Waals surface area contributed by atoms with Crippen molar-refractivity contribution in [3.63, 3.8) is 0 Å². The minimum atomic E-state index is -0.420. The quantitative estimate of drug-likeness (QED) is 0.545. The summed E-state index contributed by atoms with van der Waals surface area (Å²) in [6.45, 7) is 4.98. The van der Waals surface area contributed by atoms with Gasteiger partial charge in [0.25, 0.3) is 0 Å². The molecule has 2 aliphatic heterocycles. The number of hydrogen-bond donors (Lipinski definition) is 0. The van der Waals surface area contributed by atoms with Crippen molar-refractivity contribution < 1.29 is 14.0 Å². The summed E-state index contributed by atoms with van der Waals surface area (Å²) in [4.78, 5) is 39.1. The number of aromatic nitrogens is 2. The Morgan fingerprint density at radius 3 is 2.07 bits per heavy atom. The zero-order valence-electron chi connectivity index (χ0n) is 16.2. The van der Waals surface area contributed by atoms with E-state index in [0.29, 0.717) is 12.5 Å². The fourth-order valence-electron chi connectivity index (χ4n) is 4.70. The summed E-state index contributed by atoms with van der Waals surface area (Å²) in [6.07, 6.45) is 8.14. The van der Waals surface area contributed by atoms with Gasteiger partial charge in [-0.3, -0.25) is 19.4 Å². The van der Waals surface area contributed by atoms with Crippen LogP contribution in [0.5, 0.6) is 0 Å². The summed E-state index contributed by atoms with van der Waals surface area (Å²) in [5.74, 6) is 0.224. The number of carbonyl (C=O) groups excluding carboxylic acids is 2. The van der Waals surface area contributed by atoms with Crippen LogP contribution in [0.4, 0.5) is 10.3 Å². The van der Waals surface area contributed by atoms with Crippen molar-refractivity contribution >= 4 is 17.8 Å². The number of nitrogens with zero attached hydrogens (tertiary/aromatic N) is 5. The van der Waals surface area contributed by atoms with Crippen molar-refractivity contribution in [3.05, 3.63) is 18.2 Å². The van der Waals surface area contributed by atoms with Gasteiger partial charge in [-0.1, -0.05) is 12.8 Å². The Morgan fingerprint density at radius 1 is 0.893 bits per heavy atom. The molecule has 0 radical (unpaired) electrons. The molecular weight excluding hydrogens is 361 g/mol. The molecule has 0 spiro atoms. The van der Waals surface area contributed by atoms with E-state index in [1.807, 2.05) is 0 Å². The Balaban J connectivity index is 1.17. The molecule has 152 valence electrons. The van der Waals surface area contributed by atoms with Crippen LogP contribution in [0.2, 0.25) is 0 Å². The van der Waals surface area contributed by atoms with E-state index in [2.05, 4.69) is 19.8 Å². The molecule has 3 fully saturated rings. The standard InChI is InChI=1S/C20H28FN5O2/c21-15-13-22-20(23-14-15)25-11-9-24(10-12-25)7-3-4-8-26-18(27)16-5-1-2-6-17(16)19(26)28/h13-14,16-17H,1-12H2. The normalized spacial score (nSPS) is 26.0. The third-order valence-electron chi connectivity index (χ3n) is 6.30. The number of halogens is 1. The molecule has 2 saturated heterocycles. The maximum Gasteiger partial charge on any atom is 0.233 e. The Bertz CT molecular complexity index is 681. The van der Waals surface area contributed by atoms with E-state index in [-0.39, 0.29) is 23.7 Å². The highest BCUT2D eigenvalue weighted by atomic mass is 19.1. The first-order valence-electron chi connectivity index (χ1n) is 10.4. The third-order valence-corrected chi connectivity index (χ3v) is 6.30. The lowest BCUT2D eigenvalue weighted by molar-refractivity contribution is -0.140. The summed E-state index contributed by atoms with van der Waals surface area (Å²) in [5, 5.41) is 0. The van der Waals surface area contributed by atoms with Gasteiger partial charge in [0.1, 0.15) is 0 Å². The number of carbonyl (C=O) groups is 2. The Kier molecular flexibility index (Phi) is 5.85. The average Bonchev–Trinajstić information content (AvgIpc) is 2.97. The zero-order chi connectivity index (χ0) is 19.5. The van der Waals surface area contributed by atoms with Crippen LogP contribution in [0.25, 0.3) is 0 Å². The van der Waals surface area contributed by atoms with Crippen molar-refractivity contribution in [2.45, 2.75) is 38.5 Å². The van der Waals surface area contributed by atoms with Gasteiger partial charge in [-0.2, -0.15) is 0 Å². The second kappa shape index (κ2) is 8.51. The topological polar surface area (TPSA) is 69.6 Å². The molecule has 28 heavy (non-hydrogen) atoms. The Hall–Kier alpha value is -2.09. The molecule has 1 aromatic heterocycles. The first kappa shape index (κ1) is 19.2. The van der Waals surface area contributed by atoms with Crippen LogP contribution in [-0.2, 0) is 9.59 Å². The van der Waals surface area contributed by atoms with Crippen molar-refractivity contribution in [2.24, 2.45) is 11.8 Å². The molecule has 0 N–H and O–H groups in total. The van der Waals surface area contributed by atoms with Crippen LogP contribution in [0.15, 0.2) is 12.4 Å². The maximum atomic E-state index is 12.9. The highest BCUT2D eigenvalue weighted by molar-refractivity contribution is 6.05. The van der Waals surface area contributed by atoms with E-state index in [1.165, 1.54) is 17.3 Å². The van der Waals surface area contributed by atoms with Gasteiger partial charge in [0.05, 0.1) is 24.2 Å². The van der Waals surface area contributed by atoms with Gasteiger partial charge in [-0.25, -0.2) is 14.4 Å². The number of amides is 2. The first-order valence-corrected chi connectivity index (χ1v) is 10.4. The molecule has 1 saturated carbocycles. The van der Waals surface area contributed by atoms with E-state index >= 15 is 0 Å². The predicted octanol–water partition coefficient (Wildman–Crippen LogP) is 1.69. The van der Waals surface area contributed by atoms with Gasteiger partial charge < -0.3 is 4.90 Å². The maximum absolute atomic E-state index is 12.9. The van der Waals surface area contributed by atoms with Gasteiger partial charge in [-0.05, 0) is 32.2 Å². The van der Waals surface area contributed by atoms with Crippen LogP contribution in [-0.4, -0.2) is 70.9 Å². The molecule has 3 heterocycles. The van der Waals surface area contributed by atoms with Crippen molar-refractivity contribution in [3.8, 4) is 0 Å². The molecule has 1 aliphatic carbocycles. The van der Waals surface area contributed by atoms with Crippen LogP contribution in [0, 0.1) is 17.7 Å². The smallest absolute Gasteiger partial charge is 0.233 e. The fraction of sp³-hybridized carbons (Fsp3) is 0.700. The molecule has 4 rings (SSSR count). The summed E-state index contributed by atoms with van der Waals surface area (Å²) in [5.41, 5.74) is 0. The minimum Gasteiger partial charge on any atom is -0.338 e. The third kappa shape index (κ3) is 4.01. The number of hydrogen-bond acceptors (Lipinski definition) is 6. The number of anilines is 1. The summed E-state index contributed by atoms with van der Waals surface area (Å²) in [6, 6.07) is 0. The Labute approximate surface area is 164 Å². The lowest BCUT2D eigenvalue weighted by Crippen LogP contribution is -2.47. The summed E-state index contributed by atoms with van der Waals surface area (Å²) in [7, 11) is 0. The molecule has 0 aromatic carbocycles. The SMILES string of the molecule is O=C1C2CCCCC2C(=O)N1CCCCN1CCN(c2ncc(F)cn2)CC1. The molecule has 2 unspecified atom stereocenters. The van der Waals surface area contributed by atoms with E-state index in [9.17, 15) is 14.0 Å². The van der Waals surface area contributed by atoms with Crippen LogP contribution < -0.4 is 4.90 Å². The van der Waals surface area contributed by atoms with Crippen LogP contribution in [0.1, 0.15) is 38.5 Å². The van der Waals surface area contributed by atoms with Gasteiger partial charge in [0.2, 0.25) is 17.8 Å². The molecule has 2 amide bonds. The van der Waals surface area contributed by atoms with Crippen molar-refractivity contribution in [2.75, 3.05) is 44.2 Å². The monoisotopic (exact) mass is 389 g/mol. The number of imide groups is 1. The molecule has 2 atom stereocenters. The van der Waals surface area contributed by atoms with Crippen LogP contribution >= 0.6 is 0 Å². The molecular formula is C20H28FN5O2. The molecule has 3 aliphatic rings. The largest absolute Gasteiger partial charge is 0.338 e. The lowest BCUT2D eigenvalue weighted by Gasteiger charge is -2.34. The number of likely N-dealkylation sites (tertiary alicyclic amines) is 1. The lowest BCUT2D eigenvalue weighted by atomic mass is 9.81. The van der Waals surface area contributed by atoms with Crippen LogP contribution in [0.3, 0.4) is 0 Å². The second-order valence-corrected chi connectivity index (χ2v) is 8.06. The van der Waals surface area contributed by atoms with Crippen molar-refractivity contribution in [1.82, 2.24) is 19.8 Å². The summed E-state index contributed by atoms with van der Waals surface area (Å²) < 4.78 is 12.9. The molecule has 7 nitrogen and oxygen atoms in total. The van der Waals surface area contributed by atoms with Gasteiger partial charge >= 0.3 is 0 Å². The molecule has 0 bridgehead atoms. The average molecular weight is 389 g/mol. The molecule has 8 heteroatoms. The van der Waals surface area contributed by atoms with E-state index in [0.717, 1.165) is 71.2 Å². The Morgan fingerprint density at radius 2 is 1.46 bits per heavy atom. The van der Waals surface area contributed by atoms with Gasteiger partial charge in [0, 0.05) is 32.7 Å². The first-order chi connectivity index (χ1) is 13.6. The fourth-order valence-corrected chi connectivity index (χ4v) is 4.70. The van der Waals surface area contributed by atoms with Gasteiger partial charge in [0.15, 0.2) is 5.82 Å².